The number of H-pyrrole nitrogens is 1. The fourth-order valence-electron chi connectivity index (χ4n) is 3.14. The molecule has 0 radical (unpaired) electrons. The molecule has 1 N–H and O–H groups in total. The van der Waals surface area contributed by atoms with Gasteiger partial charge in [0, 0.05) is 18.4 Å². The molecule has 0 spiro atoms. The summed E-state index contributed by atoms with van der Waals surface area (Å²) in [6.45, 7) is 4.26. The predicted molar refractivity (Wildman–Crippen MR) is 116 cm³/mol. The van der Waals surface area contributed by atoms with Gasteiger partial charge in [0.25, 0.3) is 5.56 Å². The highest BCUT2D eigenvalue weighted by atomic mass is 16.6. The largest absolute Gasteiger partial charge is 0.489 e. The van der Waals surface area contributed by atoms with Crippen LogP contribution in [-0.2, 0) is 11.4 Å². The first kappa shape index (κ1) is 21.4. The summed E-state index contributed by atoms with van der Waals surface area (Å²) in [6, 6.07) is 15.2. The third-order valence-corrected chi connectivity index (χ3v) is 4.63. The molecule has 3 rings (SSSR count). The van der Waals surface area contributed by atoms with Crippen LogP contribution < -0.4 is 19.8 Å². The van der Waals surface area contributed by atoms with Crippen LogP contribution in [0.1, 0.15) is 45.1 Å². The van der Waals surface area contributed by atoms with Crippen LogP contribution in [0.3, 0.4) is 0 Å². The minimum Gasteiger partial charge on any atom is -0.489 e. The number of carbonyl (C=O) groups excluding carboxylic acids is 1. The highest BCUT2D eigenvalue weighted by Crippen LogP contribution is 2.34. The van der Waals surface area contributed by atoms with Gasteiger partial charge in [0.1, 0.15) is 12.4 Å². The van der Waals surface area contributed by atoms with E-state index in [1.54, 1.807) is 12.1 Å². The van der Waals surface area contributed by atoms with Crippen LogP contribution in [0, 0.1) is 0 Å². The molecule has 0 fully saturated rings. The minimum atomic E-state index is -0.571. The quantitative estimate of drug-likeness (QED) is 0.377. The Labute approximate surface area is 175 Å². The highest BCUT2D eigenvalue weighted by molar-refractivity contribution is 5.89. The lowest BCUT2D eigenvalue weighted by molar-refractivity contribution is -0.132. The molecule has 6 heteroatoms. The molecule has 0 atom stereocenters. The van der Waals surface area contributed by atoms with Gasteiger partial charge in [-0.25, -0.2) is 0 Å². The normalized spacial score (nSPS) is 10.7. The summed E-state index contributed by atoms with van der Waals surface area (Å²) in [5.41, 5.74) is 1.10. The SMILES string of the molecule is CCCCCCOc1c(OC(C)=O)c(=O)[nH]c2cc(OCc3ccccc3)ccc12. The van der Waals surface area contributed by atoms with E-state index in [-0.39, 0.29) is 11.5 Å². The Morgan fingerprint density at radius 1 is 0.967 bits per heavy atom. The second-order valence-corrected chi connectivity index (χ2v) is 7.10. The van der Waals surface area contributed by atoms with Crippen molar-refractivity contribution in [2.45, 2.75) is 46.1 Å². The number of benzene rings is 2. The molecule has 0 aliphatic carbocycles. The van der Waals surface area contributed by atoms with Gasteiger partial charge < -0.3 is 19.2 Å². The number of hydrogen-bond donors (Lipinski definition) is 1. The van der Waals surface area contributed by atoms with Crippen LogP contribution in [0.4, 0.5) is 0 Å². The third-order valence-electron chi connectivity index (χ3n) is 4.63. The number of unbranched alkanes of at least 4 members (excludes halogenated alkanes) is 3. The molecule has 30 heavy (non-hydrogen) atoms. The van der Waals surface area contributed by atoms with Crippen LogP contribution in [0.5, 0.6) is 17.2 Å². The van der Waals surface area contributed by atoms with Crippen molar-refractivity contribution in [3.63, 3.8) is 0 Å². The molecule has 2 aromatic carbocycles. The van der Waals surface area contributed by atoms with Crippen LogP contribution >= 0.6 is 0 Å². The number of nitrogens with one attached hydrogen (secondary N) is 1. The smallest absolute Gasteiger partial charge is 0.308 e. The Kier molecular flexibility index (Phi) is 7.49. The van der Waals surface area contributed by atoms with Crippen LogP contribution in [0.2, 0.25) is 0 Å². The lowest BCUT2D eigenvalue weighted by Gasteiger charge is -2.14. The molecule has 1 aromatic heterocycles. The first-order chi connectivity index (χ1) is 14.6. The van der Waals surface area contributed by atoms with Crippen molar-refractivity contribution >= 4 is 16.9 Å². The number of esters is 1. The second kappa shape index (κ2) is 10.5. The van der Waals surface area contributed by atoms with Crippen molar-refractivity contribution in [1.29, 1.82) is 0 Å². The molecule has 0 saturated heterocycles. The molecule has 0 amide bonds. The van der Waals surface area contributed by atoms with Crippen LogP contribution in [-0.4, -0.2) is 17.6 Å². The molecule has 0 unspecified atom stereocenters. The number of hydrogen-bond acceptors (Lipinski definition) is 5. The molecule has 1 heterocycles. The summed E-state index contributed by atoms with van der Waals surface area (Å²) < 4.78 is 16.9. The van der Waals surface area contributed by atoms with Crippen molar-refractivity contribution in [3.8, 4) is 17.2 Å². The Morgan fingerprint density at radius 2 is 1.77 bits per heavy atom. The first-order valence-corrected chi connectivity index (χ1v) is 10.3. The van der Waals surface area contributed by atoms with Crippen LogP contribution in [0.25, 0.3) is 10.9 Å². The fraction of sp³-hybridized carbons (Fsp3) is 0.333. The Morgan fingerprint density at radius 3 is 2.50 bits per heavy atom. The van der Waals surface area contributed by atoms with Gasteiger partial charge in [-0.1, -0.05) is 56.5 Å². The van der Waals surface area contributed by atoms with Gasteiger partial charge in [-0.2, -0.15) is 0 Å². The summed E-state index contributed by atoms with van der Waals surface area (Å²) in [5, 5.41) is 0.661. The zero-order chi connectivity index (χ0) is 21.3. The highest BCUT2D eigenvalue weighted by Gasteiger charge is 2.18. The van der Waals surface area contributed by atoms with Gasteiger partial charge in [-0.3, -0.25) is 9.59 Å². The molecular formula is C24H27NO5. The standard InChI is InChI=1S/C24H27NO5/c1-3-4-5-9-14-28-22-20-13-12-19(29-16-18-10-7-6-8-11-18)15-21(20)25-24(27)23(22)30-17(2)26/h6-8,10-13,15H,3-5,9,14,16H2,1-2H3,(H,25,27). The maximum Gasteiger partial charge on any atom is 0.308 e. The van der Waals surface area contributed by atoms with Gasteiger partial charge in [0.05, 0.1) is 12.1 Å². The number of aromatic nitrogens is 1. The van der Waals surface area contributed by atoms with Crippen molar-refractivity contribution in [2.75, 3.05) is 6.61 Å². The molecule has 3 aromatic rings. The van der Waals surface area contributed by atoms with E-state index in [9.17, 15) is 9.59 Å². The van der Waals surface area contributed by atoms with E-state index in [0.29, 0.717) is 29.9 Å². The number of rotatable bonds is 10. The zero-order valence-corrected chi connectivity index (χ0v) is 17.4. The van der Waals surface area contributed by atoms with E-state index >= 15 is 0 Å². The number of ether oxygens (including phenoxy) is 3. The maximum absolute atomic E-state index is 12.6. The summed E-state index contributed by atoms with van der Waals surface area (Å²) in [4.78, 5) is 26.8. The van der Waals surface area contributed by atoms with E-state index in [2.05, 4.69) is 11.9 Å². The predicted octanol–water partition coefficient (Wildman–Crippen LogP) is 4.99. The van der Waals surface area contributed by atoms with Gasteiger partial charge >= 0.3 is 5.97 Å². The van der Waals surface area contributed by atoms with Crippen LogP contribution in [0.15, 0.2) is 53.3 Å². The summed E-state index contributed by atoms with van der Waals surface area (Å²) >= 11 is 0. The van der Waals surface area contributed by atoms with E-state index in [0.717, 1.165) is 31.2 Å². The Bertz CT molecular complexity index is 1040. The first-order valence-electron chi connectivity index (χ1n) is 10.3. The van der Waals surface area contributed by atoms with E-state index in [1.165, 1.54) is 6.92 Å². The minimum absolute atomic E-state index is 0.108. The lowest BCUT2D eigenvalue weighted by Crippen LogP contribution is -2.16. The maximum atomic E-state index is 12.6. The van der Waals surface area contributed by atoms with Gasteiger partial charge in [-0.05, 0) is 24.1 Å². The van der Waals surface area contributed by atoms with Crippen molar-refractivity contribution in [1.82, 2.24) is 4.98 Å². The summed E-state index contributed by atoms with van der Waals surface area (Å²) in [7, 11) is 0. The monoisotopic (exact) mass is 409 g/mol. The Hall–Kier alpha value is -3.28. The van der Waals surface area contributed by atoms with Crippen molar-refractivity contribution < 1.29 is 19.0 Å². The Balaban J connectivity index is 1.87. The number of fused-ring (bicyclic) bond motifs is 1. The zero-order valence-electron chi connectivity index (χ0n) is 17.4. The number of carbonyl (C=O) groups is 1. The summed E-state index contributed by atoms with van der Waals surface area (Å²) in [6.07, 6.45) is 4.15. The molecule has 158 valence electrons. The van der Waals surface area contributed by atoms with E-state index in [1.807, 2.05) is 36.4 Å². The van der Waals surface area contributed by atoms with Crippen molar-refractivity contribution in [3.05, 3.63) is 64.4 Å². The topological polar surface area (TPSA) is 77.6 Å². The average Bonchev–Trinajstić information content (AvgIpc) is 2.74. The van der Waals surface area contributed by atoms with Gasteiger partial charge in [0.15, 0.2) is 5.75 Å². The van der Waals surface area contributed by atoms with Crippen molar-refractivity contribution in [2.24, 2.45) is 0 Å². The molecule has 0 aliphatic heterocycles. The van der Waals surface area contributed by atoms with E-state index < -0.39 is 11.5 Å². The summed E-state index contributed by atoms with van der Waals surface area (Å²) in [5.74, 6) is 0.230. The van der Waals surface area contributed by atoms with Gasteiger partial charge in [-0.15, -0.1) is 0 Å². The molecule has 0 saturated carbocycles. The molecular weight excluding hydrogens is 382 g/mol. The third kappa shape index (κ3) is 5.63. The fourth-order valence-corrected chi connectivity index (χ4v) is 3.14. The molecule has 0 aliphatic rings. The molecule has 6 nitrogen and oxygen atoms in total. The van der Waals surface area contributed by atoms with E-state index in [4.69, 9.17) is 14.2 Å². The number of pyridine rings is 1. The van der Waals surface area contributed by atoms with Gasteiger partial charge in [0.2, 0.25) is 5.75 Å². The lowest BCUT2D eigenvalue weighted by atomic mass is 10.1. The second-order valence-electron chi connectivity index (χ2n) is 7.10. The molecule has 0 bridgehead atoms. The number of aromatic amines is 1. The average molecular weight is 409 g/mol.